The Morgan fingerprint density at radius 1 is 0.684 bits per heavy atom. The van der Waals surface area contributed by atoms with Crippen LogP contribution in [0.1, 0.15) is 42.5 Å². The molecule has 0 saturated heterocycles. The fourth-order valence-electron chi connectivity index (χ4n) is 1.73. The lowest BCUT2D eigenvalue weighted by molar-refractivity contribution is 1.09. The van der Waals surface area contributed by atoms with Gasteiger partial charge in [-0.15, -0.1) is 0 Å². The van der Waals surface area contributed by atoms with Gasteiger partial charge in [-0.1, -0.05) is 81.0 Å². The van der Waals surface area contributed by atoms with E-state index in [0.717, 1.165) is 0 Å². The first-order chi connectivity index (χ1) is 9.19. The molecular weight excluding hydrogens is 228 g/mol. The molecule has 2 aromatic carbocycles. The lowest BCUT2D eigenvalue weighted by atomic mass is 10.0. The second kappa shape index (κ2) is 8.31. The first-order valence-corrected chi connectivity index (χ1v) is 6.98. The predicted octanol–water partition coefficient (Wildman–Crippen LogP) is 5.89. The number of rotatable bonds is 2. The molecule has 0 aliphatic carbocycles. The third-order valence-corrected chi connectivity index (χ3v) is 2.82. The second-order valence-electron chi connectivity index (χ2n) is 4.75. The number of hydrogen-bond donors (Lipinski definition) is 0. The smallest absolute Gasteiger partial charge is 0.0227 e. The molecule has 100 valence electrons. The van der Waals surface area contributed by atoms with Crippen molar-refractivity contribution in [1.82, 2.24) is 0 Å². The second-order valence-corrected chi connectivity index (χ2v) is 4.75. The van der Waals surface area contributed by atoms with Crippen LogP contribution in [0.2, 0.25) is 0 Å². The zero-order valence-corrected chi connectivity index (χ0v) is 12.5. The molecular formula is C19H24. The zero-order valence-electron chi connectivity index (χ0n) is 12.5. The van der Waals surface area contributed by atoms with Gasteiger partial charge in [0.15, 0.2) is 0 Å². The summed E-state index contributed by atoms with van der Waals surface area (Å²) in [7, 11) is 0. The summed E-state index contributed by atoms with van der Waals surface area (Å²) in [5, 5.41) is 0. The Bertz CT molecular complexity index is 474. The highest BCUT2D eigenvalue weighted by Gasteiger charge is 1.93. The Morgan fingerprint density at radius 3 is 1.32 bits per heavy atom. The van der Waals surface area contributed by atoms with E-state index in [1.807, 2.05) is 0 Å². The van der Waals surface area contributed by atoms with Gasteiger partial charge < -0.3 is 0 Å². The average Bonchev–Trinajstić information content (AvgIpc) is 2.40. The van der Waals surface area contributed by atoms with Gasteiger partial charge in [0.05, 0.1) is 0 Å². The summed E-state index contributed by atoms with van der Waals surface area (Å²) in [6.45, 7) is 8.52. The van der Waals surface area contributed by atoms with Crippen LogP contribution in [0.5, 0.6) is 0 Å². The molecule has 2 aromatic rings. The molecule has 0 aliphatic rings. The molecule has 0 saturated carbocycles. The molecule has 0 fully saturated rings. The van der Waals surface area contributed by atoms with Crippen LogP contribution in [-0.2, 0) is 0 Å². The molecule has 0 heterocycles. The fourth-order valence-corrected chi connectivity index (χ4v) is 1.73. The molecule has 0 nitrogen and oxygen atoms in total. The summed E-state index contributed by atoms with van der Waals surface area (Å²) in [6, 6.07) is 16.8. The number of benzene rings is 2. The van der Waals surface area contributed by atoms with E-state index in [-0.39, 0.29) is 0 Å². The molecule has 0 aliphatic heterocycles. The average molecular weight is 252 g/mol. The predicted molar refractivity (Wildman–Crippen MR) is 87.3 cm³/mol. The Balaban J connectivity index is 0.000000550. The maximum atomic E-state index is 2.18. The lowest BCUT2D eigenvalue weighted by Crippen LogP contribution is -1.80. The molecule has 0 heteroatoms. The minimum absolute atomic E-state index is 1.25. The van der Waals surface area contributed by atoms with Crippen molar-refractivity contribution in [1.29, 1.82) is 0 Å². The van der Waals surface area contributed by atoms with Crippen LogP contribution in [0.3, 0.4) is 0 Å². The van der Waals surface area contributed by atoms with Gasteiger partial charge in [-0.05, 0) is 36.1 Å². The molecule has 0 aromatic heterocycles. The fraction of sp³-hybridized carbons (Fsp3) is 0.263. The van der Waals surface area contributed by atoms with Gasteiger partial charge in [0, 0.05) is 0 Å². The largest absolute Gasteiger partial charge is 0.0656 e. The molecule has 0 bridgehead atoms. The highest BCUT2D eigenvalue weighted by molar-refractivity contribution is 5.72. The van der Waals surface area contributed by atoms with Gasteiger partial charge in [-0.25, -0.2) is 0 Å². The van der Waals surface area contributed by atoms with Crippen molar-refractivity contribution in [3.05, 3.63) is 70.8 Å². The summed E-state index contributed by atoms with van der Waals surface area (Å²) < 4.78 is 0. The maximum absolute atomic E-state index is 2.18. The quantitative estimate of drug-likeness (QED) is 0.584. The van der Waals surface area contributed by atoms with E-state index < -0.39 is 0 Å². The molecule has 0 N–H and O–H groups in total. The van der Waals surface area contributed by atoms with Crippen LogP contribution in [-0.4, -0.2) is 0 Å². The Labute approximate surface area is 117 Å². The summed E-state index contributed by atoms with van der Waals surface area (Å²) in [5.74, 6) is 0. The van der Waals surface area contributed by atoms with E-state index in [4.69, 9.17) is 0 Å². The standard InChI is InChI=1S/C16H16.C3H8/c1-13-7-3-5-9-15(13)11-12-16-10-6-4-8-14(16)2;1-3-2/h3-12H,1-2H3;3H2,1-2H3/b12-11-;. The first kappa shape index (κ1) is 15.2. The number of hydrogen-bond acceptors (Lipinski definition) is 0. The van der Waals surface area contributed by atoms with Gasteiger partial charge >= 0.3 is 0 Å². The Hall–Kier alpha value is -1.82. The Morgan fingerprint density at radius 2 is 1.00 bits per heavy atom. The third kappa shape index (κ3) is 5.13. The zero-order chi connectivity index (χ0) is 14.1. The maximum Gasteiger partial charge on any atom is -0.0227 e. The molecule has 19 heavy (non-hydrogen) atoms. The van der Waals surface area contributed by atoms with E-state index >= 15 is 0 Å². The van der Waals surface area contributed by atoms with Crippen LogP contribution in [0.4, 0.5) is 0 Å². The van der Waals surface area contributed by atoms with Crippen molar-refractivity contribution in [2.75, 3.05) is 0 Å². The van der Waals surface area contributed by atoms with Crippen molar-refractivity contribution < 1.29 is 0 Å². The summed E-state index contributed by atoms with van der Waals surface area (Å²) in [4.78, 5) is 0. The minimum atomic E-state index is 1.25. The van der Waals surface area contributed by atoms with Gasteiger partial charge in [0.25, 0.3) is 0 Å². The topological polar surface area (TPSA) is 0 Å². The van der Waals surface area contributed by atoms with Crippen molar-refractivity contribution in [2.45, 2.75) is 34.1 Å². The monoisotopic (exact) mass is 252 g/mol. The molecule has 0 spiro atoms. The molecule has 0 radical (unpaired) electrons. The van der Waals surface area contributed by atoms with E-state index in [0.29, 0.717) is 0 Å². The van der Waals surface area contributed by atoms with Crippen molar-refractivity contribution in [3.8, 4) is 0 Å². The van der Waals surface area contributed by atoms with E-state index in [1.165, 1.54) is 28.7 Å². The highest BCUT2D eigenvalue weighted by atomic mass is 14.0. The van der Waals surface area contributed by atoms with Gasteiger partial charge in [0.2, 0.25) is 0 Å². The van der Waals surface area contributed by atoms with E-state index in [1.54, 1.807) is 0 Å². The minimum Gasteiger partial charge on any atom is -0.0656 e. The summed E-state index contributed by atoms with van der Waals surface area (Å²) >= 11 is 0. The summed E-state index contributed by atoms with van der Waals surface area (Å²) in [6.07, 6.45) is 5.61. The number of aryl methyl sites for hydroxylation is 2. The first-order valence-electron chi connectivity index (χ1n) is 6.98. The van der Waals surface area contributed by atoms with E-state index in [9.17, 15) is 0 Å². The van der Waals surface area contributed by atoms with Crippen LogP contribution < -0.4 is 0 Å². The van der Waals surface area contributed by atoms with Crippen molar-refractivity contribution in [3.63, 3.8) is 0 Å². The van der Waals surface area contributed by atoms with Crippen LogP contribution in [0, 0.1) is 13.8 Å². The highest BCUT2D eigenvalue weighted by Crippen LogP contribution is 2.14. The van der Waals surface area contributed by atoms with Crippen LogP contribution in [0.25, 0.3) is 12.2 Å². The van der Waals surface area contributed by atoms with E-state index in [2.05, 4.69) is 88.4 Å². The molecule has 0 atom stereocenters. The van der Waals surface area contributed by atoms with Crippen LogP contribution in [0.15, 0.2) is 48.5 Å². The van der Waals surface area contributed by atoms with Gasteiger partial charge in [-0.2, -0.15) is 0 Å². The normalized spacial score (nSPS) is 10.1. The molecule has 0 amide bonds. The van der Waals surface area contributed by atoms with Gasteiger partial charge in [-0.3, -0.25) is 0 Å². The Kier molecular flexibility index (Phi) is 6.67. The third-order valence-electron chi connectivity index (χ3n) is 2.82. The van der Waals surface area contributed by atoms with Crippen molar-refractivity contribution in [2.24, 2.45) is 0 Å². The SMILES string of the molecule is CCC.Cc1ccccc1/C=C\c1ccccc1C. The van der Waals surface area contributed by atoms with Crippen LogP contribution >= 0.6 is 0 Å². The molecule has 2 rings (SSSR count). The van der Waals surface area contributed by atoms with Crippen molar-refractivity contribution >= 4 is 12.2 Å². The van der Waals surface area contributed by atoms with Gasteiger partial charge in [0.1, 0.15) is 0 Å². The molecule has 0 unspecified atom stereocenters. The lowest BCUT2D eigenvalue weighted by Gasteiger charge is -2.01. The summed E-state index contributed by atoms with van der Waals surface area (Å²) in [5.41, 5.74) is 5.19.